The van der Waals surface area contributed by atoms with E-state index in [1.807, 2.05) is 27.7 Å². The molecule has 0 heterocycles. The van der Waals surface area contributed by atoms with Crippen LogP contribution in [0.2, 0.25) is 0 Å². The molecule has 0 saturated heterocycles. The van der Waals surface area contributed by atoms with Gasteiger partial charge in [0.25, 0.3) is 0 Å². The highest BCUT2D eigenvalue weighted by atomic mass is 28.4. The van der Waals surface area contributed by atoms with Crippen molar-refractivity contribution in [2.75, 3.05) is 19.8 Å². The maximum atomic E-state index is 10.4. The molecule has 16 heavy (non-hydrogen) atoms. The van der Waals surface area contributed by atoms with E-state index in [-0.39, 0.29) is 5.67 Å². The first-order valence-electron chi connectivity index (χ1n) is 5.69. The lowest BCUT2D eigenvalue weighted by Crippen LogP contribution is -2.55. The quantitative estimate of drug-likeness (QED) is 0.353. The van der Waals surface area contributed by atoms with Gasteiger partial charge in [-0.1, -0.05) is 6.92 Å². The van der Waals surface area contributed by atoms with Gasteiger partial charge in [-0.2, -0.15) is 4.99 Å². The molecule has 0 aromatic heterocycles. The third kappa shape index (κ3) is 4.15. The summed E-state index contributed by atoms with van der Waals surface area (Å²) in [6.07, 6.45) is 2.21. The van der Waals surface area contributed by atoms with E-state index < -0.39 is 8.80 Å². The van der Waals surface area contributed by atoms with Crippen LogP contribution in [0.5, 0.6) is 0 Å². The zero-order chi connectivity index (χ0) is 12.4. The van der Waals surface area contributed by atoms with Gasteiger partial charge in [0.2, 0.25) is 6.08 Å². The van der Waals surface area contributed by atoms with Crippen LogP contribution in [0.15, 0.2) is 4.99 Å². The second-order valence-corrected chi connectivity index (χ2v) is 5.79. The van der Waals surface area contributed by atoms with Crippen molar-refractivity contribution in [3.63, 3.8) is 0 Å². The summed E-state index contributed by atoms with van der Waals surface area (Å²) in [5, 5.41) is 0. The SMILES string of the molecule is CCO[Si](OCC)(OCC)C(CC)N=C=O. The fourth-order valence-corrected chi connectivity index (χ4v) is 4.25. The molecule has 0 aromatic carbocycles. The fourth-order valence-electron chi connectivity index (χ4n) is 1.50. The first-order valence-corrected chi connectivity index (χ1v) is 7.49. The van der Waals surface area contributed by atoms with Gasteiger partial charge < -0.3 is 13.3 Å². The van der Waals surface area contributed by atoms with E-state index >= 15 is 0 Å². The Kier molecular flexibility index (Phi) is 8.33. The summed E-state index contributed by atoms with van der Waals surface area (Å²) in [6, 6.07) is 0. The molecule has 94 valence electrons. The number of nitrogens with zero attached hydrogens (tertiary/aromatic N) is 1. The largest absolute Gasteiger partial charge is 0.527 e. The van der Waals surface area contributed by atoms with Crippen LogP contribution in [-0.2, 0) is 18.1 Å². The minimum Gasteiger partial charge on any atom is -0.372 e. The summed E-state index contributed by atoms with van der Waals surface area (Å²) in [4.78, 5) is 14.1. The van der Waals surface area contributed by atoms with E-state index in [1.54, 1.807) is 6.08 Å². The third-order valence-corrected chi connectivity index (χ3v) is 5.47. The van der Waals surface area contributed by atoms with Crippen molar-refractivity contribution in [2.24, 2.45) is 4.99 Å². The topological polar surface area (TPSA) is 57.1 Å². The molecular weight excluding hydrogens is 226 g/mol. The van der Waals surface area contributed by atoms with Crippen LogP contribution >= 0.6 is 0 Å². The highest BCUT2D eigenvalue weighted by Crippen LogP contribution is 2.20. The maximum absolute atomic E-state index is 10.4. The molecule has 0 radical (unpaired) electrons. The van der Waals surface area contributed by atoms with Crippen molar-refractivity contribution in [1.29, 1.82) is 0 Å². The Morgan fingerprint density at radius 2 is 1.50 bits per heavy atom. The second-order valence-electron chi connectivity index (χ2n) is 3.05. The average Bonchev–Trinajstić information content (AvgIpc) is 2.26. The number of rotatable bonds is 9. The van der Waals surface area contributed by atoms with E-state index in [2.05, 4.69) is 4.99 Å². The summed E-state index contributed by atoms with van der Waals surface area (Å²) >= 11 is 0. The Labute approximate surface area is 98.2 Å². The van der Waals surface area contributed by atoms with E-state index in [0.717, 1.165) is 0 Å². The predicted octanol–water partition coefficient (Wildman–Crippen LogP) is 1.69. The Morgan fingerprint density at radius 3 is 1.75 bits per heavy atom. The van der Waals surface area contributed by atoms with Crippen LogP contribution in [0.4, 0.5) is 0 Å². The van der Waals surface area contributed by atoms with Crippen LogP contribution < -0.4 is 0 Å². The van der Waals surface area contributed by atoms with Gasteiger partial charge in [-0.3, -0.25) is 0 Å². The van der Waals surface area contributed by atoms with Gasteiger partial charge in [-0.25, -0.2) is 4.79 Å². The molecule has 0 aliphatic rings. The van der Waals surface area contributed by atoms with Gasteiger partial charge in [-0.05, 0) is 27.2 Å². The monoisotopic (exact) mass is 247 g/mol. The van der Waals surface area contributed by atoms with Gasteiger partial charge in [-0.15, -0.1) is 0 Å². The number of hydrogen-bond acceptors (Lipinski definition) is 5. The van der Waals surface area contributed by atoms with Crippen LogP contribution in [-0.4, -0.2) is 40.4 Å². The summed E-state index contributed by atoms with van der Waals surface area (Å²) in [5.74, 6) is 0. The van der Waals surface area contributed by atoms with Crippen molar-refractivity contribution in [3.8, 4) is 0 Å². The average molecular weight is 247 g/mol. The van der Waals surface area contributed by atoms with Crippen molar-refractivity contribution in [2.45, 2.75) is 39.8 Å². The van der Waals surface area contributed by atoms with Crippen molar-refractivity contribution >= 4 is 14.9 Å². The molecule has 0 aliphatic carbocycles. The number of isocyanates is 1. The highest BCUT2D eigenvalue weighted by molar-refractivity contribution is 6.62. The third-order valence-electron chi connectivity index (χ3n) is 2.04. The van der Waals surface area contributed by atoms with Crippen molar-refractivity contribution in [1.82, 2.24) is 0 Å². The fraction of sp³-hybridized carbons (Fsp3) is 0.900. The van der Waals surface area contributed by atoms with Crippen molar-refractivity contribution in [3.05, 3.63) is 0 Å². The molecule has 0 bridgehead atoms. The summed E-state index contributed by atoms with van der Waals surface area (Å²) in [6.45, 7) is 8.99. The van der Waals surface area contributed by atoms with Gasteiger partial charge in [0.1, 0.15) is 5.67 Å². The molecule has 0 amide bonds. The summed E-state index contributed by atoms with van der Waals surface area (Å²) < 4.78 is 16.9. The van der Waals surface area contributed by atoms with E-state index in [9.17, 15) is 4.79 Å². The minimum atomic E-state index is -2.88. The first-order chi connectivity index (χ1) is 7.70. The normalized spacial score (nSPS) is 13.2. The lowest BCUT2D eigenvalue weighted by atomic mass is 10.5. The van der Waals surface area contributed by atoms with E-state index in [1.165, 1.54) is 0 Å². The maximum Gasteiger partial charge on any atom is 0.527 e. The van der Waals surface area contributed by atoms with Crippen LogP contribution in [0, 0.1) is 0 Å². The molecular formula is C10H21NO4Si. The molecule has 0 spiro atoms. The zero-order valence-electron chi connectivity index (χ0n) is 10.5. The minimum absolute atomic E-state index is 0.357. The number of hydrogen-bond donors (Lipinski definition) is 0. The Bertz CT molecular complexity index is 214. The zero-order valence-corrected chi connectivity index (χ0v) is 11.5. The summed E-state index contributed by atoms with van der Waals surface area (Å²) in [7, 11) is -2.88. The number of aliphatic imine (C=N–C) groups is 1. The van der Waals surface area contributed by atoms with Crippen LogP contribution in [0.3, 0.4) is 0 Å². The molecule has 0 saturated carbocycles. The smallest absolute Gasteiger partial charge is 0.372 e. The van der Waals surface area contributed by atoms with Gasteiger partial charge in [0.15, 0.2) is 0 Å². The molecule has 0 fully saturated rings. The molecule has 5 nitrogen and oxygen atoms in total. The molecule has 1 unspecified atom stereocenters. The van der Waals surface area contributed by atoms with Crippen LogP contribution in [0.25, 0.3) is 0 Å². The van der Waals surface area contributed by atoms with Gasteiger partial charge in [0.05, 0.1) is 0 Å². The lowest BCUT2D eigenvalue weighted by Gasteiger charge is -2.31. The van der Waals surface area contributed by atoms with Gasteiger partial charge in [0, 0.05) is 19.8 Å². The predicted molar refractivity (Wildman–Crippen MR) is 62.8 cm³/mol. The van der Waals surface area contributed by atoms with E-state index in [4.69, 9.17) is 13.3 Å². The highest BCUT2D eigenvalue weighted by Gasteiger charge is 2.49. The van der Waals surface area contributed by atoms with Crippen LogP contribution in [0.1, 0.15) is 34.1 Å². The molecule has 0 N–H and O–H groups in total. The van der Waals surface area contributed by atoms with Gasteiger partial charge >= 0.3 is 8.80 Å². The Balaban J connectivity index is 5.00. The first kappa shape index (κ1) is 15.5. The van der Waals surface area contributed by atoms with E-state index in [0.29, 0.717) is 26.2 Å². The Hall–Kier alpha value is -0.523. The standard InChI is InChI=1S/C10H21NO4Si/c1-5-10(11-9-12)16(13-6-2,14-7-3)15-8-4/h10H,5-8H2,1-4H3. The van der Waals surface area contributed by atoms with Crippen molar-refractivity contribution < 1.29 is 18.1 Å². The molecule has 6 heteroatoms. The molecule has 0 aromatic rings. The number of carbonyl (C=O) groups excluding carboxylic acids is 1. The second kappa shape index (κ2) is 8.61. The molecule has 0 aliphatic heterocycles. The summed E-state index contributed by atoms with van der Waals surface area (Å²) in [5.41, 5.74) is -0.357. The molecule has 1 atom stereocenters. The molecule has 0 rings (SSSR count). The Morgan fingerprint density at radius 1 is 1.06 bits per heavy atom. The lowest BCUT2D eigenvalue weighted by molar-refractivity contribution is 0.0621.